The molecule has 1 aromatic carbocycles. The van der Waals surface area contributed by atoms with Crippen molar-refractivity contribution in [3.63, 3.8) is 0 Å². The van der Waals surface area contributed by atoms with Crippen LogP contribution in [0.25, 0.3) is 11.0 Å². The van der Waals surface area contributed by atoms with Gasteiger partial charge in [-0.25, -0.2) is 4.98 Å². The van der Waals surface area contributed by atoms with E-state index in [1.165, 1.54) is 0 Å². The molecule has 0 radical (unpaired) electrons. The number of hydrogen-bond acceptors (Lipinski definition) is 3. The lowest BCUT2D eigenvalue weighted by Gasteiger charge is -2.11. The van der Waals surface area contributed by atoms with Crippen molar-refractivity contribution in [3.8, 4) is 0 Å². The molecule has 1 N–H and O–H groups in total. The van der Waals surface area contributed by atoms with Crippen LogP contribution in [0.2, 0.25) is 0 Å². The molecule has 2 aromatic rings. The Labute approximate surface area is 117 Å². The topological polar surface area (TPSA) is 64.4 Å². The fraction of sp³-hybridized carbons (Fsp3) is 0.467. The zero-order valence-electron chi connectivity index (χ0n) is 11.5. The van der Waals surface area contributed by atoms with Crippen LogP contribution in [0.4, 0.5) is 0 Å². The zero-order chi connectivity index (χ0) is 14.1. The summed E-state index contributed by atoms with van der Waals surface area (Å²) in [6.07, 6.45) is 1.29. The molecule has 2 heterocycles. The number of carboxylic acids is 1. The predicted molar refractivity (Wildman–Crippen MR) is 74.8 cm³/mol. The summed E-state index contributed by atoms with van der Waals surface area (Å²) in [5.74, 6) is 0.424. The monoisotopic (exact) mass is 274 g/mol. The van der Waals surface area contributed by atoms with Crippen LogP contribution in [-0.4, -0.2) is 33.3 Å². The van der Waals surface area contributed by atoms with E-state index in [4.69, 9.17) is 14.8 Å². The average molecular weight is 274 g/mol. The summed E-state index contributed by atoms with van der Waals surface area (Å²) < 4.78 is 7.66. The zero-order valence-corrected chi connectivity index (χ0v) is 11.5. The molecule has 0 saturated carbocycles. The first kappa shape index (κ1) is 13.1. The maximum atomic E-state index is 10.9. The van der Waals surface area contributed by atoms with Gasteiger partial charge in [0.05, 0.1) is 30.2 Å². The van der Waals surface area contributed by atoms with Crippen molar-refractivity contribution < 1.29 is 14.6 Å². The first-order valence-corrected chi connectivity index (χ1v) is 6.93. The van der Waals surface area contributed by atoms with Crippen molar-refractivity contribution in [2.24, 2.45) is 0 Å². The Hall–Kier alpha value is -1.88. The first-order chi connectivity index (χ1) is 9.65. The van der Waals surface area contributed by atoms with Gasteiger partial charge in [-0.3, -0.25) is 4.79 Å². The van der Waals surface area contributed by atoms with Gasteiger partial charge in [-0.05, 0) is 25.5 Å². The second kappa shape index (κ2) is 5.25. The normalized spacial score (nSPS) is 22.4. The summed E-state index contributed by atoms with van der Waals surface area (Å²) in [5, 5.41) is 8.92. The molecule has 5 heteroatoms. The quantitative estimate of drug-likeness (QED) is 0.929. The minimum absolute atomic E-state index is 0.108. The molecule has 0 aliphatic carbocycles. The summed E-state index contributed by atoms with van der Waals surface area (Å²) in [7, 11) is 0. The van der Waals surface area contributed by atoms with Crippen LogP contribution >= 0.6 is 0 Å². The number of nitrogens with zero attached hydrogens (tertiary/aromatic N) is 2. The highest BCUT2D eigenvalue weighted by molar-refractivity contribution is 5.76. The Morgan fingerprint density at radius 1 is 1.50 bits per heavy atom. The van der Waals surface area contributed by atoms with Crippen molar-refractivity contribution in [1.29, 1.82) is 0 Å². The van der Waals surface area contributed by atoms with Crippen LogP contribution in [0, 0.1) is 0 Å². The Bertz CT molecular complexity index is 635. The third-order valence-electron chi connectivity index (χ3n) is 3.80. The fourth-order valence-corrected chi connectivity index (χ4v) is 2.85. The number of rotatable bonds is 4. The number of aliphatic carboxylic acids is 1. The van der Waals surface area contributed by atoms with Gasteiger partial charge in [0.1, 0.15) is 5.82 Å². The largest absolute Gasteiger partial charge is 0.481 e. The fourth-order valence-electron chi connectivity index (χ4n) is 2.85. The van der Waals surface area contributed by atoms with Gasteiger partial charge in [-0.15, -0.1) is 0 Å². The minimum Gasteiger partial charge on any atom is -0.481 e. The number of benzene rings is 1. The lowest BCUT2D eigenvalue weighted by Crippen LogP contribution is -2.12. The number of aryl methyl sites for hydroxylation is 1. The summed E-state index contributed by atoms with van der Waals surface area (Å²) in [6, 6.07) is 7.87. The standard InChI is InChI=1S/C15H18N2O3/c1-10-8-11(9-20-10)15-16-12-4-2-3-5-13(12)17(15)7-6-14(18)19/h2-5,10-11H,6-9H2,1H3,(H,18,19). The molecular formula is C15H18N2O3. The van der Waals surface area contributed by atoms with Gasteiger partial charge in [0.25, 0.3) is 0 Å². The highest BCUT2D eigenvalue weighted by Crippen LogP contribution is 2.31. The maximum Gasteiger partial charge on any atom is 0.305 e. The minimum atomic E-state index is -0.787. The number of hydrogen-bond donors (Lipinski definition) is 1. The van der Waals surface area contributed by atoms with E-state index >= 15 is 0 Å². The number of aromatic nitrogens is 2. The number of ether oxygens (including phenoxy) is 1. The van der Waals surface area contributed by atoms with Crippen LogP contribution in [0.3, 0.4) is 0 Å². The second-order valence-electron chi connectivity index (χ2n) is 5.33. The molecule has 2 atom stereocenters. The summed E-state index contributed by atoms with van der Waals surface area (Å²) >= 11 is 0. The van der Waals surface area contributed by atoms with Crippen molar-refractivity contribution in [2.75, 3.05) is 6.61 Å². The third-order valence-corrected chi connectivity index (χ3v) is 3.80. The molecule has 2 unspecified atom stereocenters. The Morgan fingerprint density at radius 3 is 3.00 bits per heavy atom. The van der Waals surface area contributed by atoms with Crippen molar-refractivity contribution in [3.05, 3.63) is 30.1 Å². The number of para-hydroxylation sites is 2. The van der Waals surface area contributed by atoms with E-state index in [0.717, 1.165) is 23.3 Å². The van der Waals surface area contributed by atoms with Gasteiger partial charge in [0.15, 0.2) is 0 Å². The van der Waals surface area contributed by atoms with Gasteiger partial charge in [0, 0.05) is 12.5 Å². The van der Waals surface area contributed by atoms with Crippen molar-refractivity contribution >= 4 is 17.0 Å². The van der Waals surface area contributed by atoms with Gasteiger partial charge < -0.3 is 14.4 Å². The number of carboxylic acid groups (broad SMARTS) is 1. The first-order valence-electron chi connectivity index (χ1n) is 6.93. The summed E-state index contributed by atoms with van der Waals surface area (Å²) in [6.45, 7) is 3.18. The number of carbonyl (C=O) groups is 1. The van der Waals surface area contributed by atoms with Crippen LogP contribution < -0.4 is 0 Å². The summed E-state index contributed by atoms with van der Waals surface area (Å²) in [5.41, 5.74) is 1.93. The van der Waals surface area contributed by atoms with E-state index < -0.39 is 5.97 Å². The lowest BCUT2D eigenvalue weighted by molar-refractivity contribution is -0.137. The number of fused-ring (bicyclic) bond motifs is 1. The third kappa shape index (κ3) is 2.41. The Morgan fingerprint density at radius 2 is 2.30 bits per heavy atom. The highest BCUT2D eigenvalue weighted by atomic mass is 16.5. The van der Waals surface area contributed by atoms with Gasteiger partial charge in [-0.2, -0.15) is 0 Å². The van der Waals surface area contributed by atoms with E-state index in [0.29, 0.717) is 13.2 Å². The molecule has 0 spiro atoms. The maximum absolute atomic E-state index is 10.9. The van der Waals surface area contributed by atoms with Crippen LogP contribution in [-0.2, 0) is 16.1 Å². The summed E-state index contributed by atoms with van der Waals surface area (Å²) in [4.78, 5) is 15.6. The van der Waals surface area contributed by atoms with Gasteiger partial charge in [-0.1, -0.05) is 12.1 Å². The lowest BCUT2D eigenvalue weighted by atomic mass is 10.1. The average Bonchev–Trinajstić information content (AvgIpc) is 2.99. The van der Waals surface area contributed by atoms with Gasteiger partial charge >= 0.3 is 5.97 Å². The van der Waals surface area contributed by atoms with E-state index in [9.17, 15) is 4.79 Å². The van der Waals surface area contributed by atoms with Crippen molar-refractivity contribution in [2.45, 2.75) is 38.3 Å². The van der Waals surface area contributed by atoms with Gasteiger partial charge in [0.2, 0.25) is 0 Å². The van der Waals surface area contributed by atoms with Crippen LogP contribution in [0.15, 0.2) is 24.3 Å². The Balaban J connectivity index is 2.00. The van der Waals surface area contributed by atoms with E-state index in [2.05, 4.69) is 6.92 Å². The molecular weight excluding hydrogens is 256 g/mol. The molecule has 1 aliphatic heterocycles. The predicted octanol–water partition coefficient (Wildman–Crippen LogP) is 2.40. The molecule has 1 fully saturated rings. The van der Waals surface area contributed by atoms with Crippen molar-refractivity contribution in [1.82, 2.24) is 9.55 Å². The van der Waals surface area contributed by atoms with Crippen LogP contribution in [0.5, 0.6) is 0 Å². The molecule has 5 nitrogen and oxygen atoms in total. The molecule has 0 amide bonds. The second-order valence-corrected chi connectivity index (χ2v) is 5.33. The molecule has 1 aromatic heterocycles. The molecule has 20 heavy (non-hydrogen) atoms. The van der Waals surface area contributed by atoms with E-state index in [1.54, 1.807) is 0 Å². The Kier molecular flexibility index (Phi) is 3.44. The SMILES string of the molecule is CC1CC(c2nc3ccccc3n2CCC(=O)O)CO1. The molecule has 1 saturated heterocycles. The van der Waals surface area contributed by atoms with Crippen LogP contribution in [0.1, 0.15) is 31.5 Å². The van der Waals surface area contributed by atoms with E-state index in [1.807, 2.05) is 28.8 Å². The highest BCUT2D eigenvalue weighted by Gasteiger charge is 2.28. The molecule has 1 aliphatic rings. The molecule has 106 valence electrons. The molecule has 3 rings (SSSR count). The van der Waals surface area contributed by atoms with E-state index in [-0.39, 0.29) is 18.4 Å². The number of imidazole rings is 1. The smallest absolute Gasteiger partial charge is 0.305 e. The molecule has 0 bridgehead atoms.